The van der Waals surface area contributed by atoms with Crippen molar-refractivity contribution in [3.63, 3.8) is 0 Å². The number of rotatable bonds is 6. The Bertz CT molecular complexity index is 1680. The smallest absolute Gasteiger partial charge is 0.339 e. The zero-order chi connectivity index (χ0) is 28.7. The number of Topliss-reactive ketones (excluding diaryl/α,β-unsaturated/α-hetero) is 1. The second-order valence-electron chi connectivity index (χ2n) is 10.6. The van der Waals surface area contributed by atoms with E-state index in [0.717, 1.165) is 25.7 Å². The molecule has 2 heterocycles. The van der Waals surface area contributed by atoms with Gasteiger partial charge in [0.05, 0.1) is 34.3 Å². The van der Waals surface area contributed by atoms with Crippen molar-refractivity contribution < 1.29 is 23.9 Å². The minimum atomic E-state index is -1.03. The number of carbonyl (C=O) groups is 4. The number of fused-ring (bicyclic) bond motifs is 2. The molecule has 1 aliphatic carbocycles. The molecule has 0 spiro atoms. The highest BCUT2D eigenvalue weighted by atomic mass is 35.5. The van der Waals surface area contributed by atoms with Crippen LogP contribution in [0.1, 0.15) is 53.3 Å². The van der Waals surface area contributed by atoms with Crippen LogP contribution in [0.4, 0.5) is 5.69 Å². The number of benzene rings is 3. The van der Waals surface area contributed by atoms with Gasteiger partial charge in [-0.2, -0.15) is 0 Å². The van der Waals surface area contributed by atoms with Crippen LogP contribution in [-0.2, 0) is 14.3 Å². The lowest BCUT2D eigenvalue weighted by Crippen LogP contribution is -2.30. The van der Waals surface area contributed by atoms with Crippen LogP contribution < -0.4 is 4.90 Å². The van der Waals surface area contributed by atoms with Crippen molar-refractivity contribution in [3.8, 4) is 11.3 Å². The molecule has 7 nitrogen and oxygen atoms in total. The molecule has 1 aromatic heterocycles. The summed E-state index contributed by atoms with van der Waals surface area (Å²) in [5.74, 6) is -1.70. The number of aromatic nitrogens is 1. The number of anilines is 1. The first-order chi connectivity index (χ1) is 19.8. The normalized spacial score (nSPS) is 19.2. The summed E-state index contributed by atoms with van der Waals surface area (Å²) < 4.78 is 5.61. The molecule has 2 amide bonds. The Morgan fingerprint density at radius 1 is 0.902 bits per heavy atom. The van der Waals surface area contributed by atoms with Gasteiger partial charge in [0.25, 0.3) is 0 Å². The molecule has 206 valence electrons. The first kappa shape index (κ1) is 26.8. The summed E-state index contributed by atoms with van der Waals surface area (Å²) >= 11 is 6.02. The molecule has 3 aromatic carbocycles. The number of ether oxygens (including phenoxy) is 1. The molecule has 1 aliphatic heterocycles. The first-order valence-corrected chi connectivity index (χ1v) is 14.1. The summed E-state index contributed by atoms with van der Waals surface area (Å²) in [6.07, 6.45) is 2.42. The molecule has 0 bridgehead atoms. The molecule has 8 heteroatoms. The number of amides is 2. The van der Waals surface area contributed by atoms with Gasteiger partial charge in [-0.05, 0) is 56.2 Å². The lowest BCUT2D eigenvalue weighted by molar-refractivity contribution is -0.122. The van der Waals surface area contributed by atoms with Gasteiger partial charge in [-0.3, -0.25) is 19.3 Å². The van der Waals surface area contributed by atoms with Gasteiger partial charge < -0.3 is 4.74 Å². The highest BCUT2D eigenvalue weighted by Gasteiger charge is 2.48. The van der Waals surface area contributed by atoms with Gasteiger partial charge in [0.15, 0.2) is 6.10 Å². The van der Waals surface area contributed by atoms with Gasteiger partial charge in [0.1, 0.15) is 0 Å². The summed E-state index contributed by atoms with van der Waals surface area (Å²) in [4.78, 5) is 58.4. The largest absolute Gasteiger partial charge is 0.451 e. The van der Waals surface area contributed by atoms with Crippen molar-refractivity contribution in [2.75, 3.05) is 4.90 Å². The predicted octanol–water partition coefficient (Wildman–Crippen LogP) is 6.66. The van der Waals surface area contributed by atoms with E-state index in [4.69, 9.17) is 21.3 Å². The Hall–Kier alpha value is -4.36. The van der Waals surface area contributed by atoms with E-state index in [1.54, 1.807) is 66.7 Å². The fraction of sp³-hybridized carbons (Fsp3) is 0.242. The second kappa shape index (κ2) is 10.9. The van der Waals surface area contributed by atoms with Gasteiger partial charge in [0, 0.05) is 21.5 Å². The van der Waals surface area contributed by atoms with Crippen LogP contribution in [0.25, 0.3) is 22.2 Å². The predicted molar refractivity (Wildman–Crippen MR) is 156 cm³/mol. The number of nitrogens with zero attached hydrogens (tertiary/aromatic N) is 2. The fourth-order valence-electron chi connectivity index (χ4n) is 5.84. The van der Waals surface area contributed by atoms with Gasteiger partial charge in [-0.25, -0.2) is 9.78 Å². The number of para-hydroxylation sites is 1. The number of ketones is 1. The molecule has 41 heavy (non-hydrogen) atoms. The van der Waals surface area contributed by atoms with Crippen LogP contribution in [0.15, 0.2) is 78.9 Å². The molecular weight excluding hydrogens is 540 g/mol. The van der Waals surface area contributed by atoms with Crippen LogP contribution >= 0.6 is 11.6 Å². The summed E-state index contributed by atoms with van der Waals surface area (Å²) in [5.41, 5.74) is 2.97. The van der Waals surface area contributed by atoms with Crippen LogP contribution in [0.3, 0.4) is 0 Å². The average molecular weight is 567 g/mol. The zero-order valence-electron chi connectivity index (χ0n) is 22.4. The van der Waals surface area contributed by atoms with E-state index in [1.165, 1.54) is 17.9 Å². The van der Waals surface area contributed by atoms with E-state index < -0.39 is 12.1 Å². The second-order valence-corrected chi connectivity index (χ2v) is 11.0. The van der Waals surface area contributed by atoms with Gasteiger partial charge in [-0.15, -0.1) is 0 Å². The van der Waals surface area contributed by atoms with Crippen LogP contribution in [0, 0.1) is 11.8 Å². The lowest BCUT2D eigenvalue weighted by Gasteiger charge is -2.19. The zero-order valence-corrected chi connectivity index (χ0v) is 23.1. The third-order valence-electron chi connectivity index (χ3n) is 7.96. The van der Waals surface area contributed by atoms with E-state index in [2.05, 4.69) is 0 Å². The van der Waals surface area contributed by atoms with Gasteiger partial charge >= 0.3 is 5.97 Å². The van der Waals surface area contributed by atoms with E-state index in [9.17, 15) is 19.2 Å². The summed E-state index contributed by atoms with van der Waals surface area (Å²) in [6.45, 7) is 1.53. The Morgan fingerprint density at radius 2 is 1.59 bits per heavy atom. The topological polar surface area (TPSA) is 93.6 Å². The maximum Gasteiger partial charge on any atom is 0.339 e. The number of imide groups is 1. The third kappa shape index (κ3) is 5.02. The minimum Gasteiger partial charge on any atom is -0.451 e. The molecule has 2 fully saturated rings. The Kier molecular flexibility index (Phi) is 7.14. The van der Waals surface area contributed by atoms with E-state index >= 15 is 0 Å². The number of halogens is 1. The van der Waals surface area contributed by atoms with Gasteiger partial charge in [0.2, 0.25) is 17.6 Å². The van der Waals surface area contributed by atoms with Crippen LogP contribution in [-0.4, -0.2) is 34.7 Å². The first-order valence-electron chi connectivity index (χ1n) is 13.7. The molecule has 4 aromatic rings. The molecule has 1 saturated carbocycles. The summed E-state index contributed by atoms with van der Waals surface area (Å²) in [5, 5.41) is 1.01. The SMILES string of the molecule is CC(OC(=O)c1cc(-c2ccc(N3C(=O)C4CCCCC4C3=O)cc2)nc2ccccc12)C(=O)c1cccc(Cl)c1. The van der Waals surface area contributed by atoms with Crippen molar-refractivity contribution in [2.45, 2.75) is 38.7 Å². The summed E-state index contributed by atoms with van der Waals surface area (Å²) in [7, 11) is 0. The van der Waals surface area contributed by atoms with E-state index in [0.29, 0.717) is 38.4 Å². The third-order valence-corrected chi connectivity index (χ3v) is 8.20. The highest BCUT2D eigenvalue weighted by Crippen LogP contribution is 2.40. The monoisotopic (exact) mass is 566 g/mol. The molecule has 3 atom stereocenters. The molecular formula is C33H27ClN2O5. The number of pyridine rings is 1. The average Bonchev–Trinajstić information content (AvgIpc) is 3.25. The number of esters is 1. The standard InChI is InChI=1S/C33H27ClN2O5/c1-19(30(37)21-7-6-8-22(34)17-21)41-33(40)27-18-29(35-28-12-5-4-9-24(27)28)20-13-15-23(16-14-20)36-31(38)25-10-2-3-11-26(25)32(36)39/h4-9,12-19,25-26H,2-3,10-11H2,1H3. The number of hydrogen-bond donors (Lipinski definition) is 0. The Labute approximate surface area is 242 Å². The van der Waals surface area contributed by atoms with Crippen molar-refractivity contribution in [3.05, 3.63) is 95.0 Å². The molecule has 0 radical (unpaired) electrons. The van der Waals surface area contributed by atoms with E-state index in [-0.39, 0.29) is 35.0 Å². The van der Waals surface area contributed by atoms with Crippen molar-refractivity contribution in [1.82, 2.24) is 4.98 Å². The maximum atomic E-state index is 13.4. The van der Waals surface area contributed by atoms with Crippen molar-refractivity contribution in [2.24, 2.45) is 11.8 Å². The summed E-state index contributed by atoms with van der Waals surface area (Å²) in [6, 6.07) is 22.4. The molecule has 2 aliphatic rings. The minimum absolute atomic E-state index is 0.122. The fourth-order valence-corrected chi connectivity index (χ4v) is 6.03. The van der Waals surface area contributed by atoms with Gasteiger partial charge in [-0.1, -0.05) is 66.9 Å². The quantitative estimate of drug-likeness (QED) is 0.147. The molecule has 6 rings (SSSR count). The lowest BCUT2D eigenvalue weighted by atomic mass is 9.81. The Morgan fingerprint density at radius 3 is 2.27 bits per heavy atom. The molecule has 1 saturated heterocycles. The van der Waals surface area contributed by atoms with Crippen molar-refractivity contribution in [1.29, 1.82) is 0 Å². The van der Waals surface area contributed by atoms with Crippen LogP contribution in [0.5, 0.6) is 0 Å². The molecule has 0 N–H and O–H groups in total. The maximum absolute atomic E-state index is 13.4. The van der Waals surface area contributed by atoms with Crippen molar-refractivity contribution >= 4 is 51.8 Å². The van der Waals surface area contributed by atoms with E-state index in [1.807, 2.05) is 6.07 Å². The number of carbonyl (C=O) groups excluding carboxylic acids is 4. The van der Waals surface area contributed by atoms with Crippen LogP contribution in [0.2, 0.25) is 5.02 Å². The molecule has 3 unspecified atom stereocenters. The number of hydrogen-bond acceptors (Lipinski definition) is 6. The highest BCUT2D eigenvalue weighted by molar-refractivity contribution is 6.31. The Balaban J connectivity index is 1.28.